The monoisotopic (exact) mass is 421 g/mol. The van der Waals surface area contributed by atoms with Gasteiger partial charge in [-0.1, -0.05) is 31.3 Å². The number of rotatable bonds is 5. The summed E-state index contributed by atoms with van der Waals surface area (Å²) < 4.78 is 4.96. The van der Waals surface area contributed by atoms with Crippen molar-refractivity contribution < 1.29 is 4.52 Å². The smallest absolute Gasteiger partial charge is 0.223 e. The minimum atomic E-state index is 0. The van der Waals surface area contributed by atoms with Crippen LogP contribution in [0.2, 0.25) is 0 Å². The van der Waals surface area contributed by atoms with Gasteiger partial charge >= 0.3 is 0 Å². The van der Waals surface area contributed by atoms with Crippen molar-refractivity contribution in [1.29, 1.82) is 0 Å². The molecule has 1 aromatic rings. The van der Waals surface area contributed by atoms with Crippen LogP contribution in [0.3, 0.4) is 0 Å². The van der Waals surface area contributed by atoms with Crippen LogP contribution in [0.4, 0.5) is 0 Å². The Kier molecular flexibility index (Phi) is 8.74. The summed E-state index contributed by atoms with van der Waals surface area (Å²) in [5, 5.41) is 10.7. The van der Waals surface area contributed by atoms with Gasteiger partial charge in [0.05, 0.1) is 0 Å². The lowest BCUT2D eigenvalue weighted by molar-refractivity contribution is 0.298. The number of nitrogens with one attached hydrogen (secondary N) is 2. The Hall–Kier alpha value is -0.860. The van der Waals surface area contributed by atoms with Crippen molar-refractivity contribution in [2.24, 2.45) is 10.9 Å². The van der Waals surface area contributed by atoms with Crippen LogP contribution in [0.15, 0.2) is 9.52 Å². The first-order valence-electron chi connectivity index (χ1n) is 8.05. The van der Waals surface area contributed by atoms with Gasteiger partial charge in [-0.25, -0.2) is 4.99 Å². The molecule has 7 heteroatoms. The summed E-state index contributed by atoms with van der Waals surface area (Å²) >= 11 is 0. The van der Waals surface area contributed by atoms with Gasteiger partial charge in [-0.3, -0.25) is 0 Å². The van der Waals surface area contributed by atoms with Crippen LogP contribution in [-0.2, 0) is 6.54 Å². The first-order chi connectivity index (χ1) is 10.2. The summed E-state index contributed by atoms with van der Waals surface area (Å²) in [6, 6.07) is 0.522. The molecular formula is C15H28IN5O. The number of aromatic nitrogens is 2. The highest BCUT2D eigenvalue weighted by atomic mass is 127. The van der Waals surface area contributed by atoms with Gasteiger partial charge in [0, 0.05) is 19.5 Å². The molecule has 6 nitrogen and oxygen atoms in total. The molecule has 0 saturated heterocycles. The average molecular weight is 421 g/mol. The Balaban J connectivity index is 0.00000242. The average Bonchev–Trinajstić information content (AvgIpc) is 2.91. The zero-order valence-corrected chi connectivity index (χ0v) is 16.1. The molecule has 1 fully saturated rings. The minimum Gasteiger partial charge on any atom is -0.357 e. The number of aryl methyl sites for hydroxylation is 1. The Morgan fingerprint density at radius 1 is 1.36 bits per heavy atom. The fraction of sp³-hybridized carbons (Fsp3) is 0.800. The number of aliphatic imine (C=N–C) groups is 1. The molecule has 2 atom stereocenters. The quantitative estimate of drug-likeness (QED) is 0.434. The zero-order chi connectivity index (χ0) is 15.1. The number of hydrogen-bond acceptors (Lipinski definition) is 4. The Bertz CT molecular complexity index is 463. The van der Waals surface area contributed by atoms with E-state index in [1.165, 1.54) is 32.1 Å². The molecule has 0 radical (unpaired) electrons. The van der Waals surface area contributed by atoms with Crippen LogP contribution < -0.4 is 10.6 Å². The minimum absolute atomic E-state index is 0. The van der Waals surface area contributed by atoms with Crippen molar-refractivity contribution >= 4 is 29.9 Å². The molecule has 0 aromatic carbocycles. The predicted molar refractivity (Wildman–Crippen MR) is 98.4 cm³/mol. The molecule has 2 rings (SSSR count). The maximum absolute atomic E-state index is 4.96. The summed E-state index contributed by atoms with van der Waals surface area (Å²) in [6.07, 6.45) is 6.41. The van der Waals surface area contributed by atoms with E-state index in [1.807, 2.05) is 0 Å². The van der Waals surface area contributed by atoms with E-state index >= 15 is 0 Å². The van der Waals surface area contributed by atoms with Crippen LogP contribution in [0.5, 0.6) is 0 Å². The summed E-state index contributed by atoms with van der Waals surface area (Å²) in [5.74, 6) is 2.90. The maximum atomic E-state index is 4.96. The second kappa shape index (κ2) is 10.0. The molecule has 22 heavy (non-hydrogen) atoms. The zero-order valence-electron chi connectivity index (χ0n) is 13.8. The summed E-state index contributed by atoms with van der Waals surface area (Å²) in [7, 11) is 0. The number of halogens is 1. The maximum Gasteiger partial charge on any atom is 0.223 e. The third kappa shape index (κ3) is 6.10. The van der Waals surface area contributed by atoms with Crippen molar-refractivity contribution in [2.45, 2.75) is 65.5 Å². The molecule has 0 aliphatic heterocycles. The normalized spacial score (nSPS) is 22.0. The van der Waals surface area contributed by atoms with E-state index in [-0.39, 0.29) is 24.0 Å². The fourth-order valence-electron chi connectivity index (χ4n) is 2.86. The molecule has 1 saturated carbocycles. The van der Waals surface area contributed by atoms with Gasteiger partial charge < -0.3 is 15.2 Å². The molecule has 1 aliphatic rings. The molecule has 0 bridgehead atoms. The molecule has 0 spiro atoms. The van der Waals surface area contributed by atoms with E-state index in [2.05, 4.69) is 39.6 Å². The number of nitrogens with zero attached hydrogens (tertiary/aromatic N) is 3. The number of hydrogen-bond donors (Lipinski definition) is 2. The van der Waals surface area contributed by atoms with Crippen molar-refractivity contribution in [2.75, 3.05) is 6.54 Å². The molecular weight excluding hydrogens is 393 g/mol. The highest BCUT2D eigenvalue weighted by Gasteiger charge is 2.21. The Morgan fingerprint density at radius 3 is 2.82 bits per heavy atom. The van der Waals surface area contributed by atoms with E-state index in [9.17, 15) is 0 Å². The lowest BCUT2D eigenvalue weighted by Crippen LogP contribution is -2.45. The lowest BCUT2D eigenvalue weighted by Gasteiger charge is -2.30. The first kappa shape index (κ1) is 19.2. The molecule has 126 valence electrons. The molecule has 0 amide bonds. The second-order valence-corrected chi connectivity index (χ2v) is 5.71. The van der Waals surface area contributed by atoms with E-state index in [4.69, 9.17) is 4.52 Å². The summed E-state index contributed by atoms with van der Waals surface area (Å²) in [5.41, 5.74) is 0. The van der Waals surface area contributed by atoms with Crippen LogP contribution >= 0.6 is 24.0 Å². The van der Waals surface area contributed by atoms with Gasteiger partial charge in [-0.05, 0) is 25.7 Å². The fourth-order valence-corrected chi connectivity index (χ4v) is 2.86. The largest absolute Gasteiger partial charge is 0.357 e. The van der Waals surface area contributed by atoms with Crippen molar-refractivity contribution in [3.05, 3.63) is 11.7 Å². The van der Waals surface area contributed by atoms with E-state index in [1.54, 1.807) is 6.92 Å². The molecule has 2 unspecified atom stereocenters. The molecule has 1 heterocycles. The van der Waals surface area contributed by atoms with Gasteiger partial charge in [0.15, 0.2) is 11.8 Å². The summed E-state index contributed by atoms with van der Waals surface area (Å²) in [4.78, 5) is 8.73. The van der Waals surface area contributed by atoms with Gasteiger partial charge in [0.1, 0.15) is 6.54 Å². The second-order valence-electron chi connectivity index (χ2n) is 5.71. The topological polar surface area (TPSA) is 75.3 Å². The van der Waals surface area contributed by atoms with Gasteiger partial charge in [-0.2, -0.15) is 4.98 Å². The molecule has 1 aromatic heterocycles. The van der Waals surface area contributed by atoms with Gasteiger partial charge in [0.25, 0.3) is 0 Å². The van der Waals surface area contributed by atoms with Crippen LogP contribution in [0.25, 0.3) is 0 Å². The third-order valence-electron chi connectivity index (χ3n) is 3.99. The van der Waals surface area contributed by atoms with Gasteiger partial charge in [-0.15, -0.1) is 24.0 Å². The molecule has 1 aliphatic carbocycles. The Labute approximate surface area is 149 Å². The van der Waals surface area contributed by atoms with E-state index in [0.29, 0.717) is 24.3 Å². The molecule has 2 N–H and O–H groups in total. The third-order valence-corrected chi connectivity index (χ3v) is 3.99. The predicted octanol–water partition coefficient (Wildman–Crippen LogP) is 3.02. The van der Waals surface area contributed by atoms with Crippen LogP contribution in [0, 0.1) is 12.8 Å². The standard InChI is InChI=1S/C15H27N5O.HI/c1-4-12-7-6-8-13(9-12)19-15(16-5-2)17-10-14-18-11(3)21-20-14;/h12-13H,4-10H2,1-3H3,(H2,16,17,19);1H. The van der Waals surface area contributed by atoms with Crippen LogP contribution in [0.1, 0.15) is 57.7 Å². The van der Waals surface area contributed by atoms with Crippen molar-refractivity contribution in [1.82, 2.24) is 20.8 Å². The van der Waals surface area contributed by atoms with E-state index < -0.39 is 0 Å². The first-order valence-corrected chi connectivity index (χ1v) is 8.05. The summed E-state index contributed by atoms with van der Waals surface area (Å²) in [6.45, 7) is 7.44. The number of guanidine groups is 1. The van der Waals surface area contributed by atoms with Crippen molar-refractivity contribution in [3.63, 3.8) is 0 Å². The van der Waals surface area contributed by atoms with Gasteiger partial charge in [0.2, 0.25) is 5.89 Å². The highest BCUT2D eigenvalue weighted by Crippen LogP contribution is 2.26. The lowest BCUT2D eigenvalue weighted by atomic mass is 9.84. The van der Waals surface area contributed by atoms with E-state index in [0.717, 1.165) is 18.4 Å². The van der Waals surface area contributed by atoms with Crippen molar-refractivity contribution in [3.8, 4) is 0 Å². The highest BCUT2D eigenvalue weighted by molar-refractivity contribution is 14.0. The van der Waals surface area contributed by atoms with Crippen LogP contribution in [-0.4, -0.2) is 28.7 Å². The SMILES string of the molecule is CCNC(=NCc1noc(C)n1)NC1CCCC(CC)C1.I. The Morgan fingerprint density at radius 2 is 2.18 bits per heavy atom.